The van der Waals surface area contributed by atoms with Crippen LogP contribution < -0.4 is 15.4 Å². The van der Waals surface area contributed by atoms with Gasteiger partial charge in [0.15, 0.2) is 12.4 Å². The molecular weight excluding hydrogens is 348 g/mol. The Morgan fingerprint density at radius 3 is 2.52 bits per heavy atom. The highest BCUT2D eigenvalue weighted by molar-refractivity contribution is 7.89. The van der Waals surface area contributed by atoms with E-state index in [1.807, 2.05) is 0 Å². The molecule has 0 unspecified atom stereocenters. The van der Waals surface area contributed by atoms with Gasteiger partial charge in [0.1, 0.15) is 6.54 Å². The van der Waals surface area contributed by atoms with Crippen molar-refractivity contribution in [3.8, 4) is 0 Å². The first-order valence-electron chi connectivity index (χ1n) is 7.16. The number of rotatable bonds is 7. The van der Waals surface area contributed by atoms with E-state index >= 15 is 0 Å². The number of nitrogens with one attached hydrogen (secondary N) is 1. The van der Waals surface area contributed by atoms with Crippen molar-refractivity contribution in [2.75, 3.05) is 31.3 Å². The highest BCUT2D eigenvalue weighted by Gasteiger charge is 2.16. The number of nitrogens with two attached hydrogens (primary N) is 1. The fraction of sp³-hybridized carbons (Fsp3) is 0.286. The van der Waals surface area contributed by atoms with Gasteiger partial charge in [-0.05, 0) is 12.1 Å². The molecule has 25 heavy (non-hydrogen) atoms. The minimum Gasteiger partial charge on any atom is -0.456 e. The maximum atomic E-state index is 12.0. The van der Waals surface area contributed by atoms with E-state index in [-0.39, 0.29) is 23.3 Å². The fourth-order valence-corrected chi connectivity index (χ4v) is 2.71. The van der Waals surface area contributed by atoms with Crippen molar-refractivity contribution >= 4 is 27.9 Å². The predicted molar refractivity (Wildman–Crippen MR) is 90.0 cm³/mol. The van der Waals surface area contributed by atoms with Gasteiger partial charge in [-0.25, -0.2) is 8.42 Å². The number of anilines is 2. The molecule has 0 atom stereocenters. The summed E-state index contributed by atoms with van der Waals surface area (Å²) in [7, 11) is -0.331. The van der Waals surface area contributed by atoms with Crippen LogP contribution in [0.25, 0.3) is 0 Å². The number of carbonyl (C=O) groups is 1. The Kier molecular flexibility index (Phi) is 5.83. The predicted octanol–water partition coefficient (Wildman–Crippen LogP) is -0.458. The third-order valence-corrected chi connectivity index (χ3v) is 4.33. The highest BCUT2D eigenvalue weighted by atomic mass is 32.2. The molecule has 2 rings (SSSR count). The second kappa shape index (κ2) is 7.85. The third kappa shape index (κ3) is 5.36. The van der Waals surface area contributed by atoms with Gasteiger partial charge in [-0.15, -0.1) is 0 Å². The summed E-state index contributed by atoms with van der Waals surface area (Å²) in [6, 6.07) is 7.70. The zero-order valence-electron chi connectivity index (χ0n) is 13.7. The molecule has 0 aliphatic rings. The maximum absolute atomic E-state index is 12.0. The Hall–Kier alpha value is -2.79. The molecule has 0 radical (unpaired) electrons. The van der Waals surface area contributed by atoms with Gasteiger partial charge in [-0.1, -0.05) is 18.2 Å². The van der Waals surface area contributed by atoms with Gasteiger partial charge in [0.25, 0.3) is 0 Å². The first kappa shape index (κ1) is 18.5. The van der Waals surface area contributed by atoms with Crippen LogP contribution in [-0.4, -0.2) is 50.0 Å². The summed E-state index contributed by atoms with van der Waals surface area (Å²) in [6.45, 7) is -0.766. The summed E-state index contributed by atoms with van der Waals surface area (Å²) in [5, 5.41) is 0. The molecule has 0 saturated carbocycles. The van der Waals surface area contributed by atoms with Gasteiger partial charge >= 0.3 is 5.97 Å². The number of esters is 1. The summed E-state index contributed by atoms with van der Waals surface area (Å²) in [5.41, 5.74) is 5.56. The van der Waals surface area contributed by atoms with Crippen LogP contribution in [0, 0.1) is 0 Å². The normalized spacial score (nSPS) is 11.1. The number of nitrogen functional groups attached to an aromatic ring is 1. The first-order chi connectivity index (χ1) is 11.8. The lowest BCUT2D eigenvalue weighted by Crippen LogP contribution is -2.30. The molecule has 1 aromatic heterocycles. The Morgan fingerprint density at radius 1 is 1.20 bits per heavy atom. The van der Waals surface area contributed by atoms with Gasteiger partial charge in [0.05, 0.1) is 4.90 Å². The molecule has 0 aliphatic heterocycles. The van der Waals surface area contributed by atoms with Crippen molar-refractivity contribution in [1.29, 1.82) is 0 Å². The summed E-state index contributed by atoms with van der Waals surface area (Å²) in [4.78, 5) is 25.3. The van der Waals surface area contributed by atoms with Crippen molar-refractivity contribution in [3.05, 3.63) is 36.2 Å². The first-order valence-corrected chi connectivity index (χ1v) is 8.64. The number of ether oxygens (including phenoxy) is 1. The number of hydrogen-bond donors (Lipinski definition) is 2. The summed E-state index contributed by atoms with van der Waals surface area (Å²) < 4.78 is 31.1. The van der Waals surface area contributed by atoms with Crippen LogP contribution in [0.3, 0.4) is 0 Å². The zero-order chi connectivity index (χ0) is 18.4. The lowest BCUT2D eigenvalue weighted by atomic mass is 10.4. The van der Waals surface area contributed by atoms with E-state index in [1.165, 1.54) is 12.1 Å². The SMILES string of the molecule is CN(C)c1nc(N)nc(COC(=O)CNS(=O)(=O)c2ccccc2)n1. The number of hydrogen-bond acceptors (Lipinski definition) is 9. The number of sulfonamides is 1. The summed E-state index contributed by atoms with van der Waals surface area (Å²) in [5.74, 6) is -0.293. The number of benzene rings is 1. The molecule has 0 fully saturated rings. The van der Waals surface area contributed by atoms with Crippen LogP contribution in [0.15, 0.2) is 35.2 Å². The highest BCUT2D eigenvalue weighted by Crippen LogP contribution is 2.08. The van der Waals surface area contributed by atoms with Crippen LogP contribution in [0.5, 0.6) is 0 Å². The van der Waals surface area contributed by atoms with Crippen molar-refractivity contribution in [1.82, 2.24) is 19.7 Å². The molecule has 0 amide bonds. The second-order valence-corrected chi connectivity index (χ2v) is 6.87. The lowest BCUT2D eigenvalue weighted by Gasteiger charge is -2.11. The van der Waals surface area contributed by atoms with Crippen molar-refractivity contribution < 1.29 is 17.9 Å². The fourth-order valence-electron chi connectivity index (χ4n) is 1.72. The van der Waals surface area contributed by atoms with E-state index in [2.05, 4.69) is 19.7 Å². The maximum Gasteiger partial charge on any atom is 0.321 e. The number of carbonyl (C=O) groups excluding carboxylic acids is 1. The van der Waals surface area contributed by atoms with Crippen LogP contribution in [0.1, 0.15) is 5.82 Å². The van der Waals surface area contributed by atoms with Crippen molar-refractivity contribution in [2.45, 2.75) is 11.5 Å². The average Bonchev–Trinajstić information content (AvgIpc) is 2.58. The second-order valence-electron chi connectivity index (χ2n) is 5.10. The zero-order valence-corrected chi connectivity index (χ0v) is 14.5. The molecule has 10 nitrogen and oxygen atoms in total. The summed E-state index contributed by atoms with van der Waals surface area (Å²) in [6.07, 6.45) is 0. The number of aromatic nitrogens is 3. The summed E-state index contributed by atoms with van der Waals surface area (Å²) >= 11 is 0. The van der Waals surface area contributed by atoms with Gasteiger partial charge in [0.2, 0.25) is 21.9 Å². The van der Waals surface area contributed by atoms with Crippen LogP contribution in [-0.2, 0) is 26.2 Å². The van der Waals surface area contributed by atoms with Crippen LogP contribution in [0.4, 0.5) is 11.9 Å². The van der Waals surface area contributed by atoms with Crippen LogP contribution >= 0.6 is 0 Å². The van der Waals surface area contributed by atoms with E-state index in [1.54, 1.807) is 37.2 Å². The van der Waals surface area contributed by atoms with E-state index in [0.717, 1.165) is 0 Å². The molecule has 0 spiro atoms. The molecule has 1 aromatic carbocycles. The standard InChI is InChI=1S/C14H18N6O4S/c1-20(2)14-18-11(17-13(15)19-14)9-24-12(21)8-16-25(22,23)10-6-4-3-5-7-10/h3-7,16H,8-9H2,1-2H3,(H2,15,17,18,19). The molecule has 0 bridgehead atoms. The molecule has 1 heterocycles. The molecular formula is C14H18N6O4S. The van der Waals surface area contributed by atoms with Gasteiger partial charge in [-0.2, -0.15) is 19.7 Å². The van der Waals surface area contributed by atoms with E-state index in [0.29, 0.717) is 5.95 Å². The topological polar surface area (TPSA) is 140 Å². The average molecular weight is 366 g/mol. The van der Waals surface area contributed by atoms with E-state index in [4.69, 9.17) is 10.5 Å². The number of nitrogens with zero attached hydrogens (tertiary/aromatic N) is 4. The van der Waals surface area contributed by atoms with Gasteiger partial charge in [0, 0.05) is 14.1 Å². The van der Waals surface area contributed by atoms with E-state index < -0.39 is 22.5 Å². The van der Waals surface area contributed by atoms with Crippen LogP contribution in [0.2, 0.25) is 0 Å². The smallest absolute Gasteiger partial charge is 0.321 e. The Bertz CT molecular complexity index is 842. The molecule has 11 heteroatoms. The molecule has 0 aliphatic carbocycles. The van der Waals surface area contributed by atoms with E-state index in [9.17, 15) is 13.2 Å². The Morgan fingerprint density at radius 2 is 1.88 bits per heavy atom. The molecule has 2 aromatic rings. The molecule has 0 saturated heterocycles. The van der Waals surface area contributed by atoms with Crippen molar-refractivity contribution in [3.63, 3.8) is 0 Å². The lowest BCUT2D eigenvalue weighted by molar-refractivity contribution is -0.143. The minimum absolute atomic E-state index is 0.00507. The monoisotopic (exact) mass is 366 g/mol. The molecule has 3 N–H and O–H groups in total. The van der Waals surface area contributed by atoms with Gasteiger partial charge < -0.3 is 15.4 Å². The Labute approximate surface area is 145 Å². The third-order valence-electron chi connectivity index (χ3n) is 2.91. The van der Waals surface area contributed by atoms with Gasteiger partial charge in [-0.3, -0.25) is 4.79 Å². The van der Waals surface area contributed by atoms with Crippen molar-refractivity contribution in [2.24, 2.45) is 0 Å². The minimum atomic E-state index is -3.78. The Balaban J connectivity index is 1.91. The largest absolute Gasteiger partial charge is 0.456 e. The quantitative estimate of drug-likeness (QED) is 0.623. The molecule has 134 valence electrons.